The number of rotatable bonds is 1. The van der Waals surface area contributed by atoms with Gasteiger partial charge >= 0.3 is 0 Å². The van der Waals surface area contributed by atoms with E-state index in [2.05, 4.69) is 27.5 Å². The van der Waals surface area contributed by atoms with Crippen LogP contribution in [0.25, 0.3) is 0 Å². The summed E-state index contributed by atoms with van der Waals surface area (Å²) in [5.74, 6) is 5.82. The minimum absolute atomic E-state index is 0.433. The van der Waals surface area contributed by atoms with E-state index in [4.69, 9.17) is 4.74 Å². The second-order valence-corrected chi connectivity index (χ2v) is 4.24. The standard InChI is InChI=1S/C15H12FN3O/c1-17-11-5-2-10(3-6-11)4-7-15-19-12-9-18-14(16)8-13(12)20-15/h2-3,5-6,8-9,15,17,19H,1H3. The fourth-order valence-corrected chi connectivity index (χ4v) is 1.85. The molecule has 2 aromatic rings. The summed E-state index contributed by atoms with van der Waals surface area (Å²) in [5, 5.41) is 6.06. The largest absolute Gasteiger partial charge is 0.457 e. The Kier molecular flexibility index (Phi) is 3.13. The van der Waals surface area contributed by atoms with Gasteiger partial charge in [0.1, 0.15) is 0 Å². The van der Waals surface area contributed by atoms with Crippen molar-refractivity contribution in [2.24, 2.45) is 0 Å². The van der Waals surface area contributed by atoms with Gasteiger partial charge in [-0.3, -0.25) is 0 Å². The van der Waals surface area contributed by atoms with Gasteiger partial charge in [-0.25, -0.2) is 4.98 Å². The molecule has 3 rings (SSSR count). The molecule has 1 aliphatic heterocycles. The van der Waals surface area contributed by atoms with Crippen LogP contribution in [-0.2, 0) is 0 Å². The first-order valence-corrected chi connectivity index (χ1v) is 6.13. The minimum atomic E-state index is -0.568. The second-order valence-electron chi connectivity index (χ2n) is 4.24. The van der Waals surface area contributed by atoms with E-state index in [-0.39, 0.29) is 0 Å². The molecule has 1 unspecified atom stereocenters. The SMILES string of the molecule is CNc1ccc(C#CC2Nc3cnc(F)cc3O2)cc1. The van der Waals surface area contributed by atoms with Crippen LogP contribution in [0, 0.1) is 17.8 Å². The normalized spacial score (nSPS) is 15.4. The molecule has 1 aromatic heterocycles. The van der Waals surface area contributed by atoms with Crippen molar-refractivity contribution in [1.82, 2.24) is 4.98 Å². The number of anilines is 2. The Balaban J connectivity index is 1.73. The van der Waals surface area contributed by atoms with Crippen LogP contribution in [0.3, 0.4) is 0 Å². The molecule has 2 N–H and O–H groups in total. The summed E-state index contributed by atoms with van der Waals surface area (Å²) < 4.78 is 18.4. The number of nitrogens with zero attached hydrogens (tertiary/aromatic N) is 1. The summed E-state index contributed by atoms with van der Waals surface area (Å²) in [4.78, 5) is 3.56. The Bertz CT molecular complexity index is 689. The molecule has 100 valence electrons. The van der Waals surface area contributed by atoms with Crippen LogP contribution < -0.4 is 15.4 Å². The maximum absolute atomic E-state index is 13.0. The number of halogens is 1. The van der Waals surface area contributed by atoms with Crippen LogP contribution in [0.1, 0.15) is 5.56 Å². The van der Waals surface area contributed by atoms with E-state index in [1.165, 1.54) is 12.3 Å². The van der Waals surface area contributed by atoms with Gasteiger partial charge in [0.25, 0.3) is 0 Å². The van der Waals surface area contributed by atoms with Crippen LogP contribution in [0.4, 0.5) is 15.8 Å². The molecule has 0 spiro atoms. The molecule has 0 saturated heterocycles. The zero-order valence-corrected chi connectivity index (χ0v) is 10.8. The van der Waals surface area contributed by atoms with E-state index >= 15 is 0 Å². The van der Waals surface area contributed by atoms with Gasteiger partial charge in [0.2, 0.25) is 12.2 Å². The Labute approximate surface area is 116 Å². The maximum Gasteiger partial charge on any atom is 0.234 e. The number of aromatic nitrogens is 1. The summed E-state index contributed by atoms with van der Waals surface area (Å²) in [6.45, 7) is 0. The highest BCUT2D eigenvalue weighted by Crippen LogP contribution is 2.30. The van der Waals surface area contributed by atoms with Gasteiger partial charge in [-0.2, -0.15) is 4.39 Å². The summed E-state index contributed by atoms with van der Waals surface area (Å²) in [6, 6.07) is 8.97. The van der Waals surface area contributed by atoms with Gasteiger partial charge in [-0.1, -0.05) is 5.92 Å². The van der Waals surface area contributed by atoms with Crippen molar-refractivity contribution in [3.05, 3.63) is 48.0 Å². The average molecular weight is 269 g/mol. The van der Waals surface area contributed by atoms with E-state index in [1.807, 2.05) is 31.3 Å². The van der Waals surface area contributed by atoms with Gasteiger partial charge < -0.3 is 15.4 Å². The summed E-state index contributed by atoms with van der Waals surface area (Å²) in [6.07, 6.45) is 0.909. The van der Waals surface area contributed by atoms with Gasteiger partial charge in [-0.15, -0.1) is 0 Å². The Morgan fingerprint density at radius 2 is 2.15 bits per heavy atom. The van der Waals surface area contributed by atoms with Crippen molar-refractivity contribution in [2.75, 3.05) is 17.7 Å². The van der Waals surface area contributed by atoms with Crippen LogP contribution in [0.5, 0.6) is 5.75 Å². The zero-order valence-electron chi connectivity index (χ0n) is 10.8. The average Bonchev–Trinajstić information content (AvgIpc) is 2.87. The van der Waals surface area contributed by atoms with E-state index in [9.17, 15) is 4.39 Å². The van der Waals surface area contributed by atoms with Gasteiger partial charge in [0.05, 0.1) is 11.9 Å². The quantitative estimate of drug-likeness (QED) is 0.616. The lowest BCUT2D eigenvalue weighted by molar-refractivity contribution is 0.310. The Morgan fingerprint density at radius 1 is 1.35 bits per heavy atom. The third-order valence-corrected chi connectivity index (χ3v) is 2.89. The van der Waals surface area contributed by atoms with E-state index in [0.29, 0.717) is 11.4 Å². The molecule has 0 bridgehead atoms. The number of hydrogen-bond acceptors (Lipinski definition) is 4. The van der Waals surface area contributed by atoms with Crippen LogP contribution in [0.2, 0.25) is 0 Å². The summed E-state index contributed by atoms with van der Waals surface area (Å²) >= 11 is 0. The van der Waals surface area contributed by atoms with Crippen molar-refractivity contribution in [3.8, 4) is 17.6 Å². The molecule has 0 amide bonds. The highest BCUT2D eigenvalue weighted by molar-refractivity contribution is 5.60. The minimum Gasteiger partial charge on any atom is -0.457 e. The molecular weight excluding hydrogens is 257 g/mol. The van der Waals surface area contributed by atoms with Crippen LogP contribution in [0.15, 0.2) is 36.5 Å². The van der Waals surface area contributed by atoms with Crippen LogP contribution in [-0.4, -0.2) is 18.3 Å². The van der Waals surface area contributed by atoms with Crippen molar-refractivity contribution in [2.45, 2.75) is 6.23 Å². The molecule has 0 fully saturated rings. The molecule has 1 aromatic carbocycles. The molecule has 20 heavy (non-hydrogen) atoms. The number of hydrogen-bond donors (Lipinski definition) is 2. The van der Waals surface area contributed by atoms with E-state index < -0.39 is 12.2 Å². The third kappa shape index (κ3) is 2.50. The highest BCUT2D eigenvalue weighted by atomic mass is 19.1. The number of nitrogens with one attached hydrogen (secondary N) is 2. The first kappa shape index (κ1) is 12.3. The molecule has 2 heterocycles. The molecule has 5 heteroatoms. The van der Waals surface area contributed by atoms with Gasteiger partial charge in [0.15, 0.2) is 5.75 Å². The molecule has 0 aliphatic carbocycles. The number of benzene rings is 1. The molecule has 1 atom stereocenters. The predicted molar refractivity (Wildman–Crippen MR) is 75.1 cm³/mol. The zero-order chi connectivity index (χ0) is 13.9. The lowest BCUT2D eigenvalue weighted by Crippen LogP contribution is -2.17. The first-order valence-electron chi connectivity index (χ1n) is 6.13. The van der Waals surface area contributed by atoms with Crippen LogP contribution >= 0.6 is 0 Å². The molecule has 0 radical (unpaired) electrons. The molecular formula is C15H12FN3O. The monoisotopic (exact) mass is 269 g/mol. The summed E-state index contributed by atoms with van der Waals surface area (Å²) in [5.41, 5.74) is 2.56. The smallest absolute Gasteiger partial charge is 0.234 e. The molecule has 0 saturated carbocycles. The topological polar surface area (TPSA) is 46.2 Å². The van der Waals surface area contributed by atoms with Crippen molar-refractivity contribution < 1.29 is 9.13 Å². The van der Waals surface area contributed by atoms with E-state index in [1.54, 1.807) is 0 Å². The highest BCUT2D eigenvalue weighted by Gasteiger charge is 2.20. The van der Waals surface area contributed by atoms with Gasteiger partial charge in [0, 0.05) is 24.4 Å². The third-order valence-electron chi connectivity index (χ3n) is 2.89. The van der Waals surface area contributed by atoms with Crippen molar-refractivity contribution in [1.29, 1.82) is 0 Å². The lowest BCUT2D eigenvalue weighted by atomic mass is 10.2. The number of fused-ring (bicyclic) bond motifs is 1. The second kappa shape index (κ2) is 5.10. The van der Waals surface area contributed by atoms with Crippen molar-refractivity contribution >= 4 is 11.4 Å². The Hall–Kier alpha value is -2.74. The summed E-state index contributed by atoms with van der Waals surface area (Å²) in [7, 11) is 1.86. The van der Waals surface area contributed by atoms with E-state index in [0.717, 1.165) is 11.3 Å². The van der Waals surface area contributed by atoms with Gasteiger partial charge in [-0.05, 0) is 30.2 Å². The molecule has 1 aliphatic rings. The van der Waals surface area contributed by atoms with Crippen molar-refractivity contribution in [3.63, 3.8) is 0 Å². The molecule has 4 nitrogen and oxygen atoms in total. The lowest BCUT2D eigenvalue weighted by Gasteiger charge is -2.02. The number of ether oxygens (including phenoxy) is 1. The first-order chi connectivity index (χ1) is 9.74. The fraction of sp³-hybridized carbons (Fsp3) is 0.133. The maximum atomic E-state index is 13.0. The predicted octanol–water partition coefficient (Wildman–Crippen LogP) is 2.44. The Morgan fingerprint density at radius 3 is 2.90 bits per heavy atom. The number of pyridine rings is 1. The fourth-order valence-electron chi connectivity index (χ4n) is 1.85.